The lowest BCUT2D eigenvalue weighted by atomic mass is 10.3. The van der Waals surface area contributed by atoms with Crippen molar-refractivity contribution in [2.75, 3.05) is 29.3 Å². The molecule has 0 saturated carbocycles. The molecular formula is C21H21Cl2N5O2. The SMILES string of the molecule is COC[C@H](C)Nc1nccc(N(C(=O)Nc2cc(Cl)ccc2Cl)c2ccccc2)n1. The molecule has 0 aliphatic rings. The maximum atomic E-state index is 13.2. The molecule has 0 spiro atoms. The molecule has 2 amide bonds. The Bertz CT molecular complexity index is 1000. The Kier molecular flexibility index (Phi) is 7.46. The zero-order valence-electron chi connectivity index (χ0n) is 16.5. The molecule has 1 atom stereocenters. The standard InChI is InChI=1S/C21H21Cl2N5O2/c1-14(13-30-2)25-20-24-11-10-19(27-20)28(16-6-4-3-5-7-16)21(29)26-18-12-15(22)8-9-17(18)23/h3-12,14H,13H2,1-2H3,(H,26,29)(H,24,25,27)/t14-/m0/s1. The number of amides is 2. The first-order valence-corrected chi connectivity index (χ1v) is 9.93. The van der Waals surface area contributed by atoms with E-state index in [-0.39, 0.29) is 6.04 Å². The third kappa shape index (κ3) is 5.60. The molecule has 30 heavy (non-hydrogen) atoms. The largest absolute Gasteiger partial charge is 0.383 e. The van der Waals surface area contributed by atoms with Gasteiger partial charge in [0, 0.05) is 30.4 Å². The van der Waals surface area contributed by atoms with E-state index in [1.54, 1.807) is 37.6 Å². The van der Waals surface area contributed by atoms with Crippen LogP contribution < -0.4 is 15.5 Å². The molecule has 156 valence electrons. The lowest BCUT2D eigenvalue weighted by Crippen LogP contribution is -2.32. The van der Waals surface area contributed by atoms with Gasteiger partial charge in [0.15, 0.2) is 0 Å². The molecule has 3 rings (SSSR count). The Labute approximate surface area is 185 Å². The van der Waals surface area contributed by atoms with Gasteiger partial charge in [-0.2, -0.15) is 4.98 Å². The summed E-state index contributed by atoms with van der Waals surface area (Å²) in [5.74, 6) is 0.769. The van der Waals surface area contributed by atoms with Gasteiger partial charge in [-0.15, -0.1) is 0 Å². The van der Waals surface area contributed by atoms with Crippen molar-refractivity contribution in [3.8, 4) is 0 Å². The van der Waals surface area contributed by atoms with Crippen LogP contribution in [-0.2, 0) is 4.74 Å². The van der Waals surface area contributed by atoms with Gasteiger partial charge in [-0.05, 0) is 37.3 Å². The third-order valence-corrected chi connectivity index (χ3v) is 4.61. The smallest absolute Gasteiger partial charge is 0.332 e. The number of ether oxygens (including phenoxy) is 1. The van der Waals surface area contributed by atoms with Crippen LogP contribution in [0.2, 0.25) is 10.0 Å². The first-order valence-electron chi connectivity index (χ1n) is 9.17. The van der Waals surface area contributed by atoms with Crippen LogP contribution in [0.3, 0.4) is 0 Å². The van der Waals surface area contributed by atoms with Gasteiger partial charge in [0.25, 0.3) is 0 Å². The molecule has 2 N–H and O–H groups in total. The van der Waals surface area contributed by atoms with Crippen LogP contribution in [0.5, 0.6) is 0 Å². The van der Waals surface area contributed by atoms with Crippen LogP contribution >= 0.6 is 23.2 Å². The molecule has 0 bridgehead atoms. The van der Waals surface area contributed by atoms with E-state index in [0.29, 0.717) is 39.8 Å². The highest BCUT2D eigenvalue weighted by Gasteiger charge is 2.21. The first-order chi connectivity index (χ1) is 14.5. The van der Waals surface area contributed by atoms with Crippen LogP contribution in [0.4, 0.5) is 27.9 Å². The highest BCUT2D eigenvalue weighted by atomic mass is 35.5. The molecule has 1 aromatic heterocycles. The second kappa shape index (κ2) is 10.2. The molecule has 0 unspecified atom stereocenters. The zero-order chi connectivity index (χ0) is 21.5. The third-order valence-electron chi connectivity index (χ3n) is 4.05. The van der Waals surface area contributed by atoms with Crippen LogP contribution in [0, 0.1) is 0 Å². The number of halogens is 2. The number of hydrogen-bond donors (Lipinski definition) is 2. The fourth-order valence-electron chi connectivity index (χ4n) is 2.75. The number of nitrogens with zero attached hydrogens (tertiary/aromatic N) is 3. The number of rotatable bonds is 7. The highest BCUT2D eigenvalue weighted by Crippen LogP contribution is 2.29. The minimum atomic E-state index is -0.444. The maximum Gasteiger partial charge on any atom is 0.332 e. The monoisotopic (exact) mass is 445 g/mol. The van der Waals surface area contributed by atoms with Gasteiger partial charge in [-0.1, -0.05) is 41.4 Å². The Morgan fingerprint density at radius 2 is 1.93 bits per heavy atom. The number of benzene rings is 2. The van der Waals surface area contributed by atoms with E-state index >= 15 is 0 Å². The molecule has 0 saturated heterocycles. The number of hydrogen-bond acceptors (Lipinski definition) is 5. The minimum Gasteiger partial charge on any atom is -0.383 e. The van der Waals surface area contributed by atoms with Crippen molar-refractivity contribution in [1.29, 1.82) is 0 Å². The summed E-state index contributed by atoms with van der Waals surface area (Å²) in [6, 6.07) is 15.2. The molecule has 7 nitrogen and oxygen atoms in total. The minimum absolute atomic E-state index is 0.00507. The normalized spacial score (nSPS) is 11.6. The quantitative estimate of drug-likeness (QED) is 0.494. The Morgan fingerprint density at radius 1 is 1.17 bits per heavy atom. The lowest BCUT2D eigenvalue weighted by molar-refractivity contribution is 0.190. The summed E-state index contributed by atoms with van der Waals surface area (Å²) in [6.07, 6.45) is 1.58. The van der Waals surface area contributed by atoms with Gasteiger partial charge < -0.3 is 15.4 Å². The van der Waals surface area contributed by atoms with Crippen molar-refractivity contribution in [3.63, 3.8) is 0 Å². The highest BCUT2D eigenvalue weighted by molar-refractivity contribution is 6.35. The molecule has 1 heterocycles. The van der Waals surface area contributed by atoms with Crippen molar-refractivity contribution < 1.29 is 9.53 Å². The van der Waals surface area contributed by atoms with E-state index in [0.717, 1.165) is 0 Å². The Balaban J connectivity index is 1.94. The lowest BCUT2D eigenvalue weighted by Gasteiger charge is -2.23. The molecule has 9 heteroatoms. The van der Waals surface area contributed by atoms with Gasteiger partial charge in [0.05, 0.1) is 23.0 Å². The van der Waals surface area contributed by atoms with E-state index in [1.165, 1.54) is 4.90 Å². The fourth-order valence-corrected chi connectivity index (χ4v) is 3.09. The van der Waals surface area contributed by atoms with Gasteiger partial charge >= 0.3 is 6.03 Å². The van der Waals surface area contributed by atoms with Gasteiger partial charge in [-0.25, -0.2) is 14.7 Å². The number of anilines is 4. The number of nitrogens with one attached hydrogen (secondary N) is 2. The summed E-state index contributed by atoms with van der Waals surface area (Å²) in [4.78, 5) is 23.4. The van der Waals surface area contributed by atoms with Crippen LogP contribution in [0.15, 0.2) is 60.8 Å². The molecular weight excluding hydrogens is 425 g/mol. The van der Waals surface area contributed by atoms with Crippen molar-refractivity contribution >= 4 is 52.4 Å². The number of methoxy groups -OCH3 is 1. The van der Waals surface area contributed by atoms with Crippen LogP contribution in [0.1, 0.15) is 6.92 Å². The second-order valence-electron chi connectivity index (χ2n) is 6.46. The van der Waals surface area contributed by atoms with Gasteiger partial charge in [0.2, 0.25) is 5.95 Å². The van der Waals surface area contributed by atoms with E-state index in [1.807, 2.05) is 37.3 Å². The molecule has 0 radical (unpaired) electrons. The summed E-state index contributed by atoms with van der Waals surface area (Å²) in [7, 11) is 1.62. The van der Waals surface area contributed by atoms with Crippen molar-refractivity contribution in [3.05, 3.63) is 70.8 Å². The van der Waals surface area contributed by atoms with Crippen LogP contribution in [0.25, 0.3) is 0 Å². The van der Waals surface area contributed by atoms with Gasteiger partial charge in [-0.3, -0.25) is 0 Å². The average Bonchev–Trinajstić information content (AvgIpc) is 2.72. The predicted octanol–water partition coefficient (Wildman–Crippen LogP) is 5.60. The second-order valence-corrected chi connectivity index (χ2v) is 7.31. The number of aromatic nitrogens is 2. The van der Waals surface area contributed by atoms with Crippen molar-refractivity contribution in [2.24, 2.45) is 0 Å². The van der Waals surface area contributed by atoms with Crippen LogP contribution in [-0.4, -0.2) is 35.8 Å². The van der Waals surface area contributed by atoms with E-state index < -0.39 is 6.03 Å². The molecule has 3 aromatic rings. The number of carbonyl (C=O) groups excluding carboxylic acids is 1. The molecule has 2 aromatic carbocycles. The predicted molar refractivity (Wildman–Crippen MR) is 121 cm³/mol. The van der Waals surface area contributed by atoms with E-state index in [2.05, 4.69) is 20.6 Å². The maximum absolute atomic E-state index is 13.2. The first kappa shape index (κ1) is 21.8. The molecule has 0 aliphatic carbocycles. The van der Waals surface area contributed by atoms with E-state index in [9.17, 15) is 4.79 Å². The van der Waals surface area contributed by atoms with Crippen molar-refractivity contribution in [2.45, 2.75) is 13.0 Å². The Hall–Kier alpha value is -2.87. The zero-order valence-corrected chi connectivity index (χ0v) is 18.0. The molecule has 0 fully saturated rings. The summed E-state index contributed by atoms with van der Waals surface area (Å²) in [5, 5.41) is 6.78. The fraction of sp³-hybridized carbons (Fsp3) is 0.190. The van der Waals surface area contributed by atoms with Gasteiger partial charge in [0.1, 0.15) is 5.82 Å². The summed E-state index contributed by atoms with van der Waals surface area (Å²) >= 11 is 12.3. The topological polar surface area (TPSA) is 79.4 Å². The number of para-hydroxylation sites is 1. The average molecular weight is 446 g/mol. The Morgan fingerprint density at radius 3 is 2.67 bits per heavy atom. The summed E-state index contributed by atoms with van der Waals surface area (Å²) in [5.41, 5.74) is 1.03. The molecule has 0 aliphatic heterocycles. The number of carbonyl (C=O) groups is 1. The van der Waals surface area contributed by atoms with E-state index in [4.69, 9.17) is 27.9 Å². The number of urea groups is 1. The summed E-state index contributed by atoms with van der Waals surface area (Å²) in [6.45, 7) is 2.44. The van der Waals surface area contributed by atoms with Crippen molar-refractivity contribution in [1.82, 2.24) is 9.97 Å². The summed E-state index contributed by atoms with van der Waals surface area (Å²) < 4.78 is 5.13.